The molecule has 2 aromatic carbocycles. The smallest absolute Gasteiger partial charge is 0.321 e. The van der Waals surface area contributed by atoms with Crippen LogP contribution in [0.2, 0.25) is 5.02 Å². The largest absolute Gasteiger partial charge is 0.408 e. The fraction of sp³-hybridized carbons (Fsp3) is 0.136. The van der Waals surface area contributed by atoms with Crippen LogP contribution in [0.25, 0.3) is 17.1 Å². The summed E-state index contributed by atoms with van der Waals surface area (Å²) in [5.74, 6) is 0.256. The molecule has 0 spiro atoms. The van der Waals surface area contributed by atoms with Gasteiger partial charge in [0.2, 0.25) is 5.89 Å². The molecule has 0 unspecified atom stereocenters. The highest BCUT2D eigenvalue weighted by molar-refractivity contribution is 6.31. The maximum atomic E-state index is 9.07. The fourth-order valence-corrected chi connectivity index (χ4v) is 3.48. The van der Waals surface area contributed by atoms with Gasteiger partial charge in [0.15, 0.2) is 6.07 Å². The Labute approximate surface area is 177 Å². The van der Waals surface area contributed by atoms with E-state index >= 15 is 0 Å². The summed E-state index contributed by atoms with van der Waals surface area (Å²) in [6, 6.07) is 16.9. The van der Waals surface area contributed by atoms with Gasteiger partial charge in [-0.3, -0.25) is 0 Å². The number of nitrogens with zero attached hydrogens (tertiary/aromatic N) is 6. The van der Waals surface area contributed by atoms with E-state index in [2.05, 4.69) is 21.4 Å². The third-order valence-electron chi connectivity index (χ3n) is 4.86. The van der Waals surface area contributed by atoms with Crippen molar-refractivity contribution in [1.82, 2.24) is 20.0 Å². The Morgan fingerprint density at radius 2 is 1.80 bits per heavy atom. The van der Waals surface area contributed by atoms with Crippen LogP contribution in [0, 0.1) is 36.5 Å². The molecule has 7 nitrogen and oxygen atoms in total. The van der Waals surface area contributed by atoms with E-state index in [1.807, 2.05) is 54.9 Å². The highest BCUT2D eigenvalue weighted by Gasteiger charge is 2.15. The SMILES string of the molecule is Cc1nn(-c2ccc(C#N)c(Cl)c2)c(C)c1Cc1ccc(-c2nnc(C#N)o2)cc1. The lowest BCUT2D eigenvalue weighted by Gasteiger charge is -2.07. The van der Waals surface area contributed by atoms with Gasteiger partial charge in [-0.2, -0.15) is 15.6 Å². The van der Waals surface area contributed by atoms with Crippen molar-refractivity contribution in [1.29, 1.82) is 10.5 Å². The minimum Gasteiger partial charge on any atom is -0.408 e. The van der Waals surface area contributed by atoms with E-state index in [1.54, 1.807) is 12.1 Å². The molecule has 2 aromatic heterocycles. The summed E-state index contributed by atoms with van der Waals surface area (Å²) in [5.41, 5.74) is 6.15. The lowest BCUT2D eigenvalue weighted by atomic mass is 10.0. The number of benzene rings is 2. The molecule has 0 atom stereocenters. The zero-order valence-electron chi connectivity index (χ0n) is 16.2. The normalized spacial score (nSPS) is 10.6. The lowest BCUT2D eigenvalue weighted by molar-refractivity contribution is 0.553. The van der Waals surface area contributed by atoms with Gasteiger partial charge in [0.1, 0.15) is 6.07 Å². The van der Waals surface area contributed by atoms with Gasteiger partial charge in [-0.15, -0.1) is 5.10 Å². The topological polar surface area (TPSA) is 104 Å². The number of halogens is 1. The maximum Gasteiger partial charge on any atom is 0.321 e. The predicted molar refractivity (Wildman–Crippen MR) is 110 cm³/mol. The first-order valence-electron chi connectivity index (χ1n) is 9.08. The Balaban J connectivity index is 1.60. The molecule has 0 bridgehead atoms. The molecule has 0 aliphatic heterocycles. The Morgan fingerprint density at radius 1 is 1.03 bits per heavy atom. The zero-order chi connectivity index (χ0) is 21.3. The van der Waals surface area contributed by atoms with Gasteiger partial charge in [0.05, 0.1) is 22.0 Å². The second-order valence-corrected chi connectivity index (χ2v) is 7.14. The quantitative estimate of drug-likeness (QED) is 0.486. The molecule has 0 saturated carbocycles. The monoisotopic (exact) mass is 414 g/mol. The van der Waals surface area contributed by atoms with Crippen molar-refractivity contribution >= 4 is 11.6 Å². The number of nitriles is 2. The molecule has 4 aromatic rings. The lowest BCUT2D eigenvalue weighted by Crippen LogP contribution is -2.00. The van der Waals surface area contributed by atoms with Crippen molar-refractivity contribution in [2.75, 3.05) is 0 Å². The molecule has 8 heteroatoms. The van der Waals surface area contributed by atoms with Crippen LogP contribution < -0.4 is 0 Å². The molecule has 0 radical (unpaired) electrons. The van der Waals surface area contributed by atoms with Crippen LogP contribution in [-0.4, -0.2) is 20.0 Å². The summed E-state index contributed by atoms with van der Waals surface area (Å²) in [6.45, 7) is 3.98. The van der Waals surface area contributed by atoms with Crippen LogP contribution in [0.15, 0.2) is 46.9 Å². The number of aryl methyl sites for hydroxylation is 1. The molecule has 0 N–H and O–H groups in total. The molecular weight excluding hydrogens is 400 g/mol. The van der Waals surface area contributed by atoms with Crippen LogP contribution in [0.4, 0.5) is 0 Å². The van der Waals surface area contributed by atoms with Gasteiger partial charge in [0.25, 0.3) is 0 Å². The van der Waals surface area contributed by atoms with Gasteiger partial charge >= 0.3 is 5.89 Å². The molecule has 4 rings (SSSR count). The Kier molecular flexibility index (Phi) is 5.05. The van der Waals surface area contributed by atoms with Gasteiger partial charge in [-0.25, -0.2) is 4.68 Å². The number of hydrogen-bond donors (Lipinski definition) is 0. The third-order valence-corrected chi connectivity index (χ3v) is 5.17. The fourth-order valence-electron chi connectivity index (χ4n) is 3.26. The van der Waals surface area contributed by atoms with Gasteiger partial charge in [-0.1, -0.05) is 28.8 Å². The van der Waals surface area contributed by atoms with Crippen LogP contribution >= 0.6 is 11.6 Å². The highest BCUT2D eigenvalue weighted by Crippen LogP contribution is 2.25. The Bertz CT molecular complexity index is 1320. The first kappa shape index (κ1) is 19.4. The number of rotatable bonds is 4. The van der Waals surface area contributed by atoms with Crippen molar-refractivity contribution in [3.8, 4) is 29.3 Å². The van der Waals surface area contributed by atoms with Crippen molar-refractivity contribution in [2.45, 2.75) is 20.3 Å². The first-order valence-corrected chi connectivity index (χ1v) is 9.46. The van der Waals surface area contributed by atoms with Gasteiger partial charge < -0.3 is 4.42 Å². The molecule has 0 saturated heterocycles. The molecule has 0 fully saturated rings. The summed E-state index contributed by atoms with van der Waals surface area (Å²) >= 11 is 6.19. The maximum absolute atomic E-state index is 9.07. The Morgan fingerprint density at radius 3 is 2.43 bits per heavy atom. The number of hydrogen-bond acceptors (Lipinski definition) is 6. The number of aromatic nitrogens is 4. The van der Waals surface area contributed by atoms with E-state index in [-0.39, 0.29) is 5.89 Å². The molecule has 0 aliphatic carbocycles. The minimum atomic E-state index is -0.0596. The average molecular weight is 415 g/mol. The average Bonchev–Trinajstić information content (AvgIpc) is 3.34. The summed E-state index contributed by atoms with van der Waals surface area (Å²) in [5, 5.41) is 30.5. The molecule has 0 amide bonds. The van der Waals surface area contributed by atoms with Crippen LogP contribution in [0.1, 0.15) is 34.0 Å². The van der Waals surface area contributed by atoms with Crippen molar-refractivity contribution in [3.05, 3.63) is 81.5 Å². The highest BCUT2D eigenvalue weighted by atomic mass is 35.5. The van der Waals surface area contributed by atoms with Crippen molar-refractivity contribution < 1.29 is 4.42 Å². The molecule has 2 heterocycles. The molecule has 146 valence electrons. The van der Waals surface area contributed by atoms with E-state index in [9.17, 15) is 0 Å². The summed E-state index contributed by atoms with van der Waals surface area (Å²) in [4.78, 5) is 0. The first-order chi connectivity index (χ1) is 14.5. The third kappa shape index (κ3) is 3.55. The summed E-state index contributed by atoms with van der Waals surface area (Å²) < 4.78 is 7.11. The van der Waals surface area contributed by atoms with Gasteiger partial charge in [-0.05, 0) is 49.7 Å². The Hall–Kier alpha value is -3.94. The van der Waals surface area contributed by atoms with E-state index in [0.717, 1.165) is 33.8 Å². The van der Waals surface area contributed by atoms with Crippen LogP contribution in [0.3, 0.4) is 0 Å². The predicted octanol–water partition coefficient (Wildman–Crippen LogP) is 4.53. The minimum absolute atomic E-state index is 0.0596. The van der Waals surface area contributed by atoms with Crippen molar-refractivity contribution in [2.24, 2.45) is 0 Å². The van der Waals surface area contributed by atoms with E-state index < -0.39 is 0 Å². The van der Waals surface area contributed by atoms with E-state index in [1.165, 1.54) is 0 Å². The second-order valence-electron chi connectivity index (χ2n) is 6.74. The van der Waals surface area contributed by atoms with Crippen LogP contribution in [-0.2, 0) is 6.42 Å². The summed E-state index contributed by atoms with van der Waals surface area (Å²) in [7, 11) is 0. The zero-order valence-corrected chi connectivity index (χ0v) is 17.0. The van der Waals surface area contributed by atoms with Crippen molar-refractivity contribution in [3.63, 3.8) is 0 Å². The van der Waals surface area contributed by atoms with E-state index in [4.69, 9.17) is 26.5 Å². The standard InChI is InChI=1S/C22H15ClN6O/c1-13-19(14(2)29(28-13)18-8-7-17(11-24)20(23)10-18)9-15-3-5-16(6-4-15)22-27-26-21(12-25)30-22/h3-8,10H,9H2,1-2H3. The summed E-state index contributed by atoms with van der Waals surface area (Å²) in [6.07, 6.45) is 0.704. The van der Waals surface area contributed by atoms with E-state index in [0.29, 0.717) is 22.9 Å². The van der Waals surface area contributed by atoms with Gasteiger partial charge in [0, 0.05) is 23.2 Å². The molecule has 30 heavy (non-hydrogen) atoms. The van der Waals surface area contributed by atoms with Crippen LogP contribution in [0.5, 0.6) is 0 Å². The molecule has 0 aliphatic rings. The second kappa shape index (κ2) is 7.82. The molecular formula is C22H15ClN6O.